The number of hydrogen-bond acceptors (Lipinski definition) is 12. The summed E-state index contributed by atoms with van der Waals surface area (Å²) in [5.41, 5.74) is -1.41. The number of allylic oxidation sites excluding steroid dienone is 1. The van der Waals surface area contributed by atoms with Gasteiger partial charge in [0.2, 0.25) is 17.3 Å². The van der Waals surface area contributed by atoms with Gasteiger partial charge in [-0.05, 0) is 29.8 Å². The molecule has 260 valence electrons. The first-order valence-corrected chi connectivity index (χ1v) is 16.3. The molecule has 3 unspecified atom stereocenters. The van der Waals surface area contributed by atoms with Crippen LogP contribution in [-0.2, 0) is 9.59 Å². The topological polar surface area (TPSA) is 172 Å². The molecule has 3 aliphatic rings. The fraction of sp³-hybridized carbons (Fsp3) is 0.361. The number of fused-ring (bicyclic) bond motifs is 1. The molecule has 1 aromatic heterocycles. The number of nitrogens with zero attached hydrogens (tertiary/aromatic N) is 4. The summed E-state index contributed by atoms with van der Waals surface area (Å²) < 4.78 is 22.5. The van der Waals surface area contributed by atoms with Crippen LogP contribution in [0.3, 0.4) is 0 Å². The molecule has 13 nitrogen and oxygen atoms in total. The summed E-state index contributed by atoms with van der Waals surface area (Å²) in [6.45, 7) is 3.06. The maximum absolute atomic E-state index is 14.4. The molecular weight excluding hydrogens is 668 g/mol. The number of ketones is 2. The zero-order valence-corrected chi connectivity index (χ0v) is 28.6. The number of aliphatic hydroxyl groups excluding tert-OH is 1. The van der Waals surface area contributed by atoms with Gasteiger partial charge in [-0.25, -0.2) is 4.98 Å². The van der Waals surface area contributed by atoms with Gasteiger partial charge in [0.25, 0.3) is 0 Å². The highest BCUT2D eigenvalue weighted by molar-refractivity contribution is 6.35. The van der Waals surface area contributed by atoms with Crippen molar-refractivity contribution in [3.8, 4) is 34.8 Å². The number of ether oxygens (including phenoxy) is 4. The molecule has 14 heteroatoms. The molecule has 1 fully saturated rings. The van der Waals surface area contributed by atoms with Gasteiger partial charge >= 0.3 is 0 Å². The Morgan fingerprint density at radius 1 is 1.08 bits per heavy atom. The van der Waals surface area contributed by atoms with Crippen LogP contribution < -0.4 is 23.8 Å². The lowest BCUT2D eigenvalue weighted by atomic mass is 9.69. The number of carbonyl (C=O) groups excluding carboxylic acids is 3. The summed E-state index contributed by atoms with van der Waals surface area (Å²) in [6, 6.07) is 11.4. The molecule has 1 spiro atoms. The number of aromatic nitrogens is 1. The number of rotatable bonds is 8. The summed E-state index contributed by atoms with van der Waals surface area (Å²) in [4.78, 5) is 50.3. The van der Waals surface area contributed by atoms with E-state index in [9.17, 15) is 29.9 Å². The van der Waals surface area contributed by atoms with Gasteiger partial charge < -0.3 is 39.0 Å². The summed E-state index contributed by atoms with van der Waals surface area (Å²) in [7, 11) is 4.13. The third-order valence-electron chi connectivity index (χ3n) is 9.68. The number of piperazine rings is 1. The van der Waals surface area contributed by atoms with Crippen molar-refractivity contribution in [2.45, 2.75) is 31.3 Å². The Kier molecular flexibility index (Phi) is 9.24. The number of aromatic hydroxyl groups is 1. The average molecular weight is 703 g/mol. The number of phenolic OH excluding ortho intramolecular Hbond substituents is 1. The van der Waals surface area contributed by atoms with E-state index in [4.69, 9.17) is 30.5 Å². The second-order valence-electron chi connectivity index (χ2n) is 12.3. The van der Waals surface area contributed by atoms with Crippen molar-refractivity contribution in [2.75, 3.05) is 52.4 Å². The van der Waals surface area contributed by atoms with E-state index in [2.05, 4.69) is 11.1 Å². The largest absolute Gasteiger partial charge is 0.507 e. The van der Waals surface area contributed by atoms with Gasteiger partial charge in [-0.1, -0.05) is 24.6 Å². The van der Waals surface area contributed by atoms with Crippen LogP contribution in [0.4, 0.5) is 5.82 Å². The number of hydrogen-bond donors (Lipinski definition) is 2. The van der Waals surface area contributed by atoms with E-state index in [0.29, 0.717) is 43.1 Å². The highest BCUT2D eigenvalue weighted by atomic mass is 35.5. The molecular formula is C36H35ClN4O9. The van der Waals surface area contributed by atoms with E-state index in [0.717, 1.165) is 0 Å². The van der Waals surface area contributed by atoms with Gasteiger partial charge in [-0.3, -0.25) is 14.4 Å². The quantitative estimate of drug-likeness (QED) is 0.335. The molecule has 6 rings (SSSR count). The Labute approximate surface area is 293 Å². The fourth-order valence-corrected chi connectivity index (χ4v) is 7.31. The second kappa shape index (κ2) is 13.4. The van der Waals surface area contributed by atoms with Crippen LogP contribution in [0.25, 0.3) is 0 Å². The lowest BCUT2D eigenvalue weighted by Crippen LogP contribution is -2.53. The van der Waals surface area contributed by atoms with Gasteiger partial charge in [0, 0.05) is 68.7 Å². The zero-order valence-electron chi connectivity index (χ0n) is 27.9. The minimum atomic E-state index is -2.05. The van der Waals surface area contributed by atoms with E-state index >= 15 is 0 Å². The maximum atomic E-state index is 14.4. The second-order valence-corrected chi connectivity index (χ2v) is 12.7. The van der Waals surface area contributed by atoms with Crippen molar-refractivity contribution >= 4 is 34.9 Å². The summed E-state index contributed by atoms with van der Waals surface area (Å²) >= 11 is 6.61. The van der Waals surface area contributed by atoms with Gasteiger partial charge in [-0.2, -0.15) is 5.26 Å². The van der Waals surface area contributed by atoms with Crippen LogP contribution in [0.2, 0.25) is 5.02 Å². The number of carbonyl (C=O) groups is 3. The van der Waals surface area contributed by atoms with Crippen molar-refractivity contribution in [3.05, 3.63) is 75.6 Å². The smallest absolute Gasteiger partial charge is 0.231 e. The highest BCUT2D eigenvalue weighted by Gasteiger charge is 2.61. The van der Waals surface area contributed by atoms with Gasteiger partial charge in [0.15, 0.2) is 28.8 Å². The van der Waals surface area contributed by atoms with Crippen LogP contribution >= 0.6 is 11.6 Å². The fourth-order valence-electron chi connectivity index (χ4n) is 7.04. The zero-order chi connectivity index (χ0) is 35.9. The molecule has 2 N–H and O–H groups in total. The monoisotopic (exact) mass is 702 g/mol. The molecule has 50 heavy (non-hydrogen) atoms. The van der Waals surface area contributed by atoms with Gasteiger partial charge in [0.05, 0.1) is 26.9 Å². The maximum Gasteiger partial charge on any atom is 0.231 e. The number of nitriles is 1. The number of phenols is 1. The van der Waals surface area contributed by atoms with Crippen molar-refractivity contribution in [3.63, 3.8) is 0 Å². The van der Waals surface area contributed by atoms with Crippen molar-refractivity contribution in [1.82, 2.24) is 9.88 Å². The third-order valence-corrected chi connectivity index (χ3v) is 10.0. The summed E-state index contributed by atoms with van der Waals surface area (Å²) in [5, 5.41) is 32.1. The first-order chi connectivity index (χ1) is 24.0. The van der Waals surface area contributed by atoms with Crippen LogP contribution in [0.5, 0.6) is 28.7 Å². The van der Waals surface area contributed by atoms with Crippen LogP contribution in [-0.4, -0.2) is 90.7 Å². The molecule has 1 saturated heterocycles. The molecule has 0 bridgehead atoms. The summed E-state index contributed by atoms with van der Waals surface area (Å²) in [6.07, 6.45) is 1.15. The number of aliphatic hydroxyl groups is 1. The van der Waals surface area contributed by atoms with Crippen molar-refractivity contribution in [2.24, 2.45) is 5.92 Å². The number of anilines is 1. The molecule has 2 aromatic carbocycles. The van der Waals surface area contributed by atoms with Crippen LogP contribution in [0.15, 0.2) is 53.9 Å². The Hall–Kier alpha value is -5.48. The van der Waals surface area contributed by atoms with E-state index < -0.39 is 34.8 Å². The molecule has 1 amide bonds. The predicted octanol–water partition coefficient (Wildman–Crippen LogP) is 4.60. The molecule has 1 aliphatic carbocycles. The molecule has 3 heterocycles. The Balaban J connectivity index is 1.40. The lowest BCUT2D eigenvalue weighted by molar-refractivity contribution is -0.131. The predicted molar refractivity (Wildman–Crippen MR) is 180 cm³/mol. The van der Waals surface area contributed by atoms with Gasteiger partial charge in [-0.15, -0.1) is 0 Å². The van der Waals surface area contributed by atoms with E-state index in [1.165, 1.54) is 45.6 Å². The van der Waals surface area contributed by atoms with Crippen LogP contribution in [0.1, 0.15) is 47.2 Å². The van der Waals surface area contributed by atoms with E-state index in [1.54, 1.807) is 30.2 Å². The normalized spacial score (nSPS) is 20.7. The average Bonchev–Trinajstić information content (AvgIpc) is 3.45. The standard InChI is InChI=1S/C36H35ClN4O9/c1-19-14-24(43)29(33(45)36(19)34(46)30-26(48-3)17-27(49-4)31(37)32(30)50-36)22(20-7-8-23(42)25(15-20)47-2)16-28(44)40-10-12-41(13-11-40)35-21(18-38)6-5-9-39-35/h5-9,15,17,19,22,42,45H,10-14,16H2,1-4H3. The van der Waals surface area contributed by atoms with Crippen LogP contribution in [0, 0.1) is 17.2 Å². The van der Waals surface area contributed by atoms with E-state index in [1.807, 2.05) is 4.90 Å². The lowest BCUT2D eigenvalue weighted by Gasteiger charge is -2.39. The first kappa shape index (κ1) is 34.4. The minimum absolute atomic E-state index is 0.00494. The molecule has 3 aromatic rings. The Morgan fingerprint density at radius 3 is 2.44 bits per heavy atom. The Morgan fingerprint density at radius 2 is 1.78 bits per heavy atom. The Bertz CT molecular complexity index is 1970. The van der Waals surface area contributed by atoms with Crippen molar-refractivity contribution < 1.29 is 43.5 Å². The molecule has 0 saturated carbocycles. The highest BCUT2D eigenvalue weighted by Crippen LogP contribution is 2.56. The van der Waals surface area contributed by atoms with E-state index in [-0.39, 0.29) is 63.7 Å². The number of halogens is 1. The number of methoxy groups -OCH3 is 3. The SMILES string of the molecule is COc1cc(C(CC(=O)N2CCN(c3ncccc3C#N)CC2)C2=C(O)C3(Oc4c(Cl)c(OC)cc(OC)c4C3=O)C(C)CC2=O)ccc1O. The van der Waals surface area contributed by atoms with Gasteiger partial charge in [0.1, 0.15) is 34.0 Å². The van der Waals surface area contributed by atoms with Crippen molar-refractivity contribution in [1.29, 1.82) is 5.26 Å². The number of benzene rings is 2. The number of Topliss-reactive ketones (excluding diaryl/α,β-unsaturated/α-hetero) is 2. The first-order valence-electron chi connectivity index (χ1n) is 15.9. The summed E-state index contributed by atoms with van der Waals surface area (Å²) in [5.74, 6) is -3.28. The number of pyridine rings is 1. The minimum Gasteiger partial charge on any atom is -0.507 e. The third kappa shape index (κ3) is 5.49. The number of amides is 1. The molecule has 0 radical (unpaired) electrons. The molecule has 2 aliphatic heterocycles. The molecule has 3 atom stereocenters.